The Bertz CT molecular complexity index is 1480. The van der Waals surface area contributed by atoms with E-state index >= 15 is 0 Å². The standard InChI is InChI=1S/C25H22ClN3O3S/c1-16-5-4-6-17(13-16)21-15-19(33(3,31)32)8-9-20(21)25(30)27-18-7-10-23(26)22(14-18)24-11-12-29(2)28-24/h4-15H,1-3H3,(H,27,30). The summed E-state index contributed by atoms with van der Waals surface area (Å²) in [4.78, 5) is 13.4. The summed E-state index contributed by atoms with van der Waals surface area (Å²) in [5.41, 5.74) is 4.60. The zero-order valence-electron chi connectivity index (χ0n) is 18.3. The molecule has 0 fully saturated rings. The maximum Gasteiger partial charge on any atom is 0.256 e. The van der Waals surface area contributed by atoms with Gasteiger partial charge in [0.15, 0.2) is 9.84 Å². The molecule has 0 saturated heterocycles. The molecule has 8 heteroatoms. The summed E-state index contributed by atoms with van der Waals surface area (Å²) < 4.78 is 26.0. The van der Waals surface area contributed by atoms with Gasteiger partial charge >= 0.3 is 0 Å². The van der Waals surface area contributed by atoms with Crippen LogP contribution in [0.2, 0.25) is 5.02 Å². The average Bonchev–Trinajstić information content (AvgIpc) is 3.20. The molecule has 4 aromatic rings. The predicted octanol–water partition coefficient (Wildman–Crippen LogP) is 5.37. The number of amides is 1. The second-order valence-electron chi connectivity index (χ2n) is 7.87. The Morgan fingerprint density at radius 3 is 2.45 bits per heavy atom. The molecule has 0 atom stereocenters. The highest BCUT2D eigenvalue weighted by Gasteiger charge is 2.18. The maximum absolute atomic E-state index is 13.3. The first kappa shape index (κ1) is 22.8. The number of aryl methyl sites for hydroxylation is 2. The van der Waals surface area contributed by atoms with Gasteiger partial charge in [0.25, 0.3) is 5.91 Å². The number of carbonyl (C=O) groups is 1. The monoisotopic (exact) mass is 479 g/mol. The summed E-state index contributed by atoms with van der Waals surface area (Å²) >= 11 is 6.35. The third kappa shape index (κ3) is 4.99. The van der Waals surface area contributed by atoms with Gasteiger partial charge in [-0.15, -0.1) is 0 Å². The van der Waals surface area contributed by atoms with E-state index in [1.807, 2.05) is 50.5 Å². The van der Waals surface area contributed by atoms with E-state index in [0.717, 1.165) is 17.4 Å². The molecule has 0 spiro atoms. The van der Waals surface area contributed by atoms with Gasteiger partial charge in [-0.1, -0.05) is 41.4 Å². The molecule has 1 aromatic heterocycles. The molecular formula is C25H22ClN3O3S. The maximum atomic E-state index is 13.3. The van der Waals surface area contributed by atoms with Crippen LogP contribution in [0.1, 0.15) is 15.9 Å². The smallest absolute Gasteiger partial charge is 0.256 e. The zero-order valence-corrected chi connectivity index (χ0v) is 19.9. The number of halogens is 1. The van der Waals surface area contributed by atoms with Crippen LogP contribution in [0.25, 0.3) is 22.4 Å². The lowest BCUT2D eigenvalue weighted by atomic mass is 9.97. The largest absolute Gasteiger partial charge is 0.322 e. The number of nitrogens with zero attached hydrogens (tertiary/aromatic N) is 2. The first-order chi connectivity index (χ1) is 15.6. The SMILES string of the molecule is Cc1cccc(-c2cc(S(C)(=O)=O)ccc2C(=O)Nc2ccc(Cl)c(-c3ccn(C)n3)c2)c1. The third-order valence-electron chi connectivity index (χ3n) is 5.21. The molecule has 0 unspecified atom stereocenters. The minimum Gasteiger partial charge on any atom is -0.322 e. The van der Waals surface area contributed by atoms with Gasteiger partial charge < -0.3 is 5.32 Å². The highest BCUT2D eigenvalue weighted by molar-refractivity contribution is 7.90. The van der Waals surface area contributed by atoms with E-state index in [9.17, 15) is 13.2 Å². The number of hydrogen-bond acceptors (Lipinski definition) is 4. The van der Waals surface area contributed by atoms with E-state index in [-0.39, 0.29) is 10.8 Å². The lowest BCUT2D eigenvalue weighted by Gasteiger charge is -2.13. The van der Waals surface area contributed by atoms with E-state index in [4.69, 9.17) is 11.6 Å². The second kappa shape index (κ2) is 8.84. The van der Waals surface area contributed by atoms with Crippen LogP contribution in [-0.2, 0) is 16.9 Å². The summed E-state index contributed by atoms with van der Waals surface area (Å²) in [7, 11) is -1.62. The lowest BCUT2D eigenvalue weighted by molar-refractivity contribution is 0.102. The second-order valence-corrected chi connectivity index (χ2v) is 10.3. The molecular weight excluding hydrogens is 458 g/mol. The van der Waals surface area contributed by atoms with Crippen LogP contribution in [0.4, 0.5) is 5.69 Å². The molecule has 6 nitrogen and oxygen atoms in total. The van der Waals surface area contributed by atoms with Crippen molar-refractivity contribution in [3.63, 3.8) is 0 Å². The molecule has 0 saturated carbocycles. The van der Waals surface area contributed by atoms with Gasteiger partial charge in [-0.05, 0) is 60.5 Å². The van der Waals surface area contributed by atoms with Crippen molar-refractivity contribution in [3.05, 3.63) is 89.1 Å². The molecule has 1 N–H and O–H groups in total. The molecule has 0 aliphatic carbocycles. The van der Waals surface area contributed by atoms with Crippen LogP contribution in [0, 0.1) is 6.92 Å². The van der Waals surface area contributed by atoms with Gasteiger partial charge in [-0.2, -0.15) is 5.10 Å². The normalized spacial score (nSPS) is 11.4. The van der Waals surface area contributed by atoms with Crippen molar-refractivity contribution in [2.75, 3.05) is 11.6 Å². The van der Waals surface area contributed by atoms with Gasteiger partial charge in [-0.3, -0.25) is 9.48 Å². The lowest BCUT2D eigenvalue weighted by Crippen LogP contribution is -2.14. The fraction of sp³-hybridized carbons (Fsp3) is 0.120. The number of rotatable bonds is 5. The van der Waals surface area contributed by atoms with E-state index in [1.54, 1.807) is 35.0 Å². The molecule has 168 valence electrons. The number of benzene rings is 3. The minimum atomic E-state index is -3.44. The van der Waals surface area contributed by atoms with Crippen molar-refractivity contribution in [1.29, 1.82) is 0 Å². The molecule has 33 heavy (non-hydrogen) atoms. The Balaban J connectivity index is 1.74. The molecule has 1 heterocycles. The van der Waals surface area contributed by atoms with Crippen molar-refractivity contribution in [1.82, 2.24) is 9.78 Å². The summed E-state index contributed by atoms with van der Waals surface area (Å²) in [5, 5.41) is 7.80. The van der Waals surface area contributed by atoms with Crippen LogP contribution in [-0.4, -0.2) is 30.4 Å². The molecule has 4 rings (SSSR count). The summed E-state index contributed by atoms with van der Waals surface area (Å²) in [6.45, 7) is 1.94. The Morgan fingerprint density at radius 2 is 1.79 bits per heavy atom. The van der Waals surface area contributed by atoms with Gasteiger partial charge in [0.1, 0.15) is 0 Å². The molecule has 0 aliphatic rings. The van der Waals surface area contributed by atoms with Gasteiger partial charge in [0.05, 0.1) is 15.6 Å². The molecule has 3 aromatic carbocycles. The average molecular weight is 480 g/mol. The highest BCUT2D eigenvalue weighted by Crippen LogP contribution is 2.31. The number of nitrogens with one attached hydrogen (secondary N) is 1. The van der Waals surface area contributed by atoms with Crippen molar-refractivity contribution in [2.24, 2.45) is 7.05 Å². The van der Waals surface area contributed by atoms with Crippen molar-refractivity contribution in [2.45, 2.75) is 11.8 Å². The minimum absolute atomic E-state index is 0.152. The third-order valence-corrected chi connectivity index (χ3v) is 6.65. The molecule has 0 aliphatic heterocycles. The number of sulfone groups is 1. The molecule has 0 bridgehead atoms. The fourth-order valence-corrected chi connectivity index (χ4v) is 4.42. The topological polar surface area (TPSA) is 81.1 Å². The zero-order chi connectivity index (χ0) is 23.8. The molecule has 1 amide bonds. The Kier molecular flexibility index (Phi) is 6.10. The Morgan fingerprint density at radius 1 is 1.00 bits per heavy atom. The van der Waals surface area contributed by atoms with Crippen LogP contribution in [0.3, 0.4) is 0 Å². The summed E-state index contributed by atoms with van der Waals surface area (Å²) in [6.07, 6.45) is 2.96. The highest BCUT2D eigenvalue weighted by atomic mass is 35.5. The van der Waals surface area contributed by atoms with Gasteiger partial charge in [0, 0.05) is 36.3 Å². The number of carbonyl (C=O) groups excluding carboxylic acids is 1. The Labute approximate surface area is 197 Å². The number of anilines is 1. The van der Waals surface area contributed by atoms with Crippen molar-refractivity contribution >= 4 is 33.0 Å². The van der Waals surface area contributed by atoms with Gasteiger partial charge in [-0.25, -0.2) is 8.42 Å². The van der Waals surface area contributed by atoms with Crippen LogP contribution >= 0.6 is 11.6 Å². The first-order valence-electron chi connectivity index (χ1n) is 10.1. The van der Waals surface area contributed by atoms with Crippen LogP contribution in [0.5, 0.6) is 0 Å². The van der Waals surface area contributed by atoms with E-state index in [2.05, 4.69) is 10.4 Å². The predicted molar refractivity (Wildman–Crippen MR) is 131 cm³/mol. The van der Waals surface area contributed by atoms with E-state index < -0.39 is 9.84 Å². The van der Waals surface area contributed by atoms with E-state index in [1.165, 1.54) is 6.07 Å². The van der Waals surface area contributed by atoms with E-state index in [0.29, 0.717) is 33.1 Å². The number of hydrogen-bond donors (Lipinski definition) is 1. The van der Waals surface area contributed by atoms with Crippen molar-refractivity contribution < 1.29 is 13.2 Å². The number of aromatic nitrogens is 2. The first-order valence-corrected chi connectivity index (χ1v) is 12.4. The quantitative estimate of drug-likeness (QED) is 0.417. The van der Waals surface area contributed by atoms with Crippen LogP contribution in [0.15, 0.2) is 77.8 Å². The van der Waals surface area contributed by atoms with Crippen molar-refractivity contribution in [3.8, 4) is 22.4 Å². The Hall–Kier alpha value is -3.42. The van der Waals surface area contributed by atoms with Crippen LogP contribution < -0.4 is 5.32 Å². The summed E-state index contributed by atoms with van der Waals surface area (Å²) in [6, 6.07) is 19.1. The van der Waals surface area contributed by atoms with Gasteiger partial charge in [0.2, 0.25) is 0 Å². The fourth-order valence-electron chi connectivity index (χ4n) is 3.56. The molecule has 0 radical (unpaired) electrons. The summed E-state index contributed by atoms with van der Waals surface area (Å²) in [5.74, 6) is -0.360.